The van der Waals surface area contributed by atoms with Crippen molar-refractivity contribution in [1.82, 2.24) is 0 Å². The van der Waals surface area contributed by atoms with Crippen LogP contribution in [0.1, 0.15) is 44.7 Å². The van der Waals surface area contributed by atoms with E-state index in [-0.39, 0.29) is 24.3 Å². The van der Waals surface area contributed by atoms with Gasteiger partial charge in [0, 0.05) is 17.3 Å². The third kappa shape index (κ3) is 6.13. The van der Waals surface area contributed by atoms with Crippen LogP contribution in [0, 0.1) is 12.8 Å². The highest BCUT2D eigenvalue weighted by molar-refractivity contribution is 5.95. The molecule has 144 valence electrons. The van der Waals surface area contributed by atoms with E-state index in [4.69, 9.17) is 4.74 Å². The molecule has 27 heavy (non-hydrogen) atoms. The molecule has 0 aliphatic rings. The fourth-order valence-electron chi connectivity index (χ4n) is 2.55. The molecule has 0 radical (unpaired) electrons. The fraction of sp³-hybridized carbons (Fsp3) is 0.364. The van der Waals surface area contributed by atoms with E-state index in [2.05, 4.69) is 24.5 Å². The second-order valence-electron chi connectivity index (χ2n) is 7.26. The topological polar surface area (TPSA) is 67.4 Å². The third-order valence-electron chi connectivity index (χ3n) is 4.09. The van der Waals surface area contributed by atoms with E-state index in [1.165, 1.54) is 0 Å². The third-order valence-corrected chi connectivity index (χ3v) is 4.09. The highest BCUT2D eigenvalue weighted by Gasteiger charge is 2.11. The summed E-state index contributed by atoms with van der Waals surface area (Å²) in [5, 5.41) is 5.62. The number of nitrogens with one attached hydrogen (secondary N) is 2. The molecule has 0 aliphatic heterocycles. The predicted octanol–water partition coefficient (Wildman–Crippen LogP) is 4.73. The Morgan fingerprint density at radius 1 is 0.963 bits per heavy atom. The zero-order valence-corrected chi connectivity index (χ0v) is 16.6. The normalized spacial score (nSPS) is 10.8. The number of hydrogen-bond donors (Lipinski definition) is 2. The van der Waals surface area contributed by atoms with Crippen LogP contribution in [0.2, 0.25) is 0 Å². The molecule has 2 rings (SSSR count). The molecule has 0 saturated heterocycles. The molecule has 0 spiro atoms. The summed E-state index contributed by atoms with van der Waals surface area (Å²) in [5.74, 6) is 0.616. The Balaban J connectivity index is 1.99. The zero-order valence-electron chi connectivity index (χ0n) is 16.6. The van der Waals surface area contributed by atoms with Crippen molar-refractivity contribution in [3.05, 3.63) is 53.6 Å². The second kappa shape index (κ2) is 9.21. The van der Waals surface area contributed by atoms with Crippen LogP contribution in [0.3, 0.4) is 0 Å². The summed E-state index contributed by atoms with van der Waals surface area (Å²) >= 11 is 0. The lowest BCUT2D eigenvalue weighted by atomic mass is 10.0. The molecule has 2 N–H and O–H groups in total. The summed E-state index contributed by atoms with van der Waals surface area (Å²) in [4.78, 5) is 24.1. The van der Waals surface area contributed by atoms with Gasteiger partial charge in [-0.05, 0) is 48.2 Å². The van der Waals surface area contributed by atoms with Gasteiger partial charge in [-0.15, -0.1) is 0 Å². The van der Waals surface area contributed by atoms with Gasteiger partial charge in [-0.25, -0.2) is 0 Å². The average molecular weight is 368 g/mol. The van der Waals surface area contributed by atoms with Crippen LogP contribution in [-0.4, -0.2) is 18.4 Å². The maximum atomic E-state index is 12.3. The van der Waals surface area contributed by atoms with E-state index in [0.717, 1.165) is 16.9 Å². The molecule has 0 saturated carbocycles. The first-order chi connectivity index (χ1) is 12.8. The fourth-order valence-corrected chi connectivity index (χ4v) is 2.55. The lowest BCUT2D eigenvalue weighted by Crippen LogP contribution is -2.21. The van der Waals surface area contributed by atoms with Crippen molar-refractivity contribution in [1.29, 1.82) is 0 Å². The van der Waals surface area contributed by atoms with Gasteiger partial charge in [0.2, 0.25) is 5.91 Å². The van der Waals surface area contributed by atoms with Crippen molar-refractivity contribution >= 4 is 23.2 Å². The van der Waals surface area contributed by atoms with Crippen LogP contribution in [-0.2, 0) is 9.59 Å². The molecule has 0 aliphatic carbocycles. The minimum atomic E-state index is -0.251. The van der Waals surface area contributed by atoms with E-state index >= 15 is 0 Å². The molecule has 0 aromatic heterocycles. The maximum Gasteiger partial charge on any atom is 0.262 e. The minimum Gasteiger partial charge on any atom is -0.483 e. The lowest BCUT2D eigenvalue weighted by Gasteiger charge is -2.15. The van der Waals surface area contributed by atoms with Crippen molar-refractivity contribution in [2.75, 3.05) is 17.2 Å². The van der Waals surface area contributed by atoms with E-state index in [0.29, 0.717) is 17.3 Å². The van der Waals surface area contributed by atoms with Gasteiger partial charge in [-0.2, -0.15) is 0 Å². The Labute approximate surface area is 161 Å². The summed E-state index contributed by atoms with van der Waals surface area (Å²) in [6.45, 7) is 9.76. The molecule has 0 heterocycles. The standard InChI is InChI=1S/C22H28N2O3/c1-14(2)19-10-9-16(5)11-20(19)27-13-21(25)23-17-7-6-8-18(12-17)24-22(26)15(3)4/h6-12,14-15H,13H2,1-5H3,(H,23,25)(H,24,26). The quantitative estimate of drug-likeness (QED) is 0.742. The predicted molar refractivity (Wildman–Crippen MR) is 109 cm³/mol. The van der Waals surface area contributed by atoms with Gasteiger partial charge >= 0.3 is 0 Å². The number of aryl methyl sites for hydroxylation is 1. The van der Waals surface area contributed by atoms with Crippen LogP contribution in [0.4, 0.5) is 11.4 Å². The number of rotatable bonds is 7. The van der Waals surface area contributed by atoms with Crippen LogP contribution in [0.15, 0.2) is 42.5 Å². The number of benzene rings is 2. The van der Waals surface area contributed by atoms with Crippen LogP contribution < -0.4 is 15.4 Å². The smallest absolute Gasteiger partial charge is 0.262 e. The first kappa shape index (κ1) is 20.5. The monoisotopic (exact) mass is 368 g/mol. The molecule has 5 nitrogen and oxygen atoms in total. The first-order valence-electron chi connectivity index (χ1n) is 9.20. The zero-order chi connectivity index (χ0) is 20.0. The van der Waals surface area contributed by atoms with E-state index in [1.807, 2.05) is 39.0 Å². The molecule has 0 atom stereocenters. The molecule has 0 unspecified atom stereocenters. The van der Waals surface area contributed by atoms with Gasteiger partial charge < -0.3 is 15.4 Å². The van der Waals surface area contributed by atoms with Crippen molar-refractivity contribution in [3.63, 3.8) is 0 Å². The summed E-state index contributed by atoms with van der Waals surface area (Å²) in [7, 11) is 0. The molecule has 5 heteroatoms. The SMILES string of the molecule is Cc1ccc(C(C)C)c(OCC(=O)Nc2cccc(NC(=O)C(C)C)c2)c1. The molecule has 2 aromatic carbocycles. The van der Waals surface area contributed by atoms with E-state index in [1.54, 1.807) is 24.3 Å². The first-order valence-corrected chi connectivity index (χ1v) is 9.20. The summed E-state index contributed by atoms with van der Waals surface area (Å²) in [6, 6.07) is 13.1. The molecular formula is C22H28N2O3. The highest BCUT2D eigenvalue weighted by Crippen LogP contribution is 2.27. The van der Waals surface area contributed by atoms with Crippen molar-refractivity contribution in [3.8, 4) is 5.75 Å². The van der Waals surface area contributed by atoms with Gasteiger partial charge in [0.1, 0.15) is 5.75 Å². The number of ether oxygens (including phenoxy) is 1. The minimum absolute atomic E-state index is 0.0672. The Morgan fingerprint density at radius 2 is 1.63 bits per heavy atom. The number of anilines is 2. The molecular weight excluding hydrogens is 340 g/mol. The van der Waals surface area contributed by atoms with Crippen LogP contribution in [0.25, 0.3) is 0 Å². The molecule has 0 fully saturated rings. The summed E-state index contributed by atoms with van der Waals surface area (Å²) in [5.41, 5.74) is 3.42. The second-order valence-corrected chi connectivity index (χ2v) is 7.26. The number of carbonyl (C=O) groups excluding carboxylic acids is 2. The largest absolute Gasteiger partial charge is 0.483 e. The van der Waals surface area contributed by atoms with Gasteiger partial charge in [0.25, 0.3) is 5.91 Å². The lowest BCUT2D eigenvalue weighted by molar-refractivity contribution is -0.119. The van der Waals surface area contributed by atoms with Gasteiger partial charge in [-0.1, -0.05) is 45.9 Å². The number of carbonyl (C=O) groups is 2. The Kier molecular flexibility index (Phi) is 6.99. The van der Waals surface area contributed by atoms with Gasteiger partial charge in [0.05, 0.1) is 0 Å². The number of amides is 2. The van der Waals surface area contributed by atoms with Gasteiger partial charge in [-0.3, -0.25) is 9.59 Å². The van der Waals surface area contributed by atoms with Crippen molar-refractivity contribution < 1.29 is 14.3 Å². The Morgan fingerprint density at radius 3 is 2.26 bits per heavy atom. The summed E-state index contributed by atoms with van der Waals surface area (Å²) in [6.07, 6.45) is 0. The van der Waals surface area contributed by atoms with Crippen LogP contribution in [0.5, 0.6) is 5.75 Å². The van der Waals surface area contributed by atoms with Crippen molar-refractivity contribution in [2.45, 2.75) is 40.5 Å². The maximum absolute atomic E-state index is 12.3. The molecule has 2 aromatic rings. The van der Waals surface area contributed by atoms with E-state index in [9.17, 15) is 9.59 Å². The van der Waals surface area contributed by atoms with Crippen LogP contribution >= 0.6 is 0 Å². The Bertz CT molecular complexity index is 813. The number of hydrogen-bond acceptors (Lipinski definition) is 3. The summed E-state index contributed by atoms with van der Waals surface area (Å²) < 4.78 is 5.76. The Hall–Kier alpha value is -2.82. The molecule has 2 amide bonds. The van der Waals surface area contributed by atoms with Crippen molar-refractivity contribution in [2.24, 2.45) is 5.92 Å². The van der Waals surface area contributed by atoms with Gasteiger partial charge in [0.15, 0.2) is 6.61 Å². The van der Waals surface area contributed by atoms with E-state index < -0.39 is 0 Å². The average Bonchev–Trinajstić information content (AvgIpc) is 2.60. The highest BCUT2D eigenvalue weighted by atomic mass is 16.5. The molecule has 0 bridgehead atoms.